The molecule has 1 aromatic rings. The highest BCUT2D eigenvalue weighted by Crippen LogP contribution is 2.40. The van der Waals surface area contributed by atoms with E-state index in [1.165, 1.54) is 0 Å². The number of rotatable bonds is 2. The highest BCUT2D eigenvalue weighted by molar-refractivity contribution is 9.10. The molecule has 0 radical (unpaired) electrons. The Morgan fingerprint density at radius 3 is 2.82 bits per heavy atom. The topological polar surface area (TPSA) is 61.6 Å². The Bertz CT molecular complexity index is 453. The van der Waals surface area contributed by atoms with Gasteiger partial charge in [0.25, 0.3) is 0 Å². The maximum atomic E-state index is 11.0. The minimum atomic E-state index is -0.872. The molecule has 1 aliphatic rings. The first-order chi connectivity index (χ1) is 8.09. The lowest BCUT2D eigenvalue weighted by Crippen LogP contribution is -2.17. The Balaban J connectivity index is 2.42. The van der Waals surface area contributed by atoms with Gasteiger partial charge in [-0.25, -0.2) is 0 Å². The van der Waals surface area contributed by atoms with Crippen molar-refractivity contribution in [2.75, 3.05) is 13.2 Å². The van der Waals surface area contributed by atoms with Crippen LogP contribution in [0.4, 0.5) is 0 Å². The van der Waals surface area contributed by atoms with E-state index in [2.05, 4.69) is 15.9 Å². The lowest BCUT2D eigenvalue weighted by Gasteiger charge is -2.13. The Labute approximate surface area is 112 Å². The van der Waals surface area contributed by atoms with Gasteiger partial charge in [-0.3, -0.25) is 4.79 Å². The van der Waals surface area contributed by atoms with Gasteiger partial charge in [0, 0.05) is 6.42 Å². The van der Waals surface area contributed by atoms with Gasteiger partial charge in [0.05, 0.1) is 17.7 Å². The molecule has 0 fully saturated rings. The molecule has 1 aliphatic heterocycles. The van der Waals surface area contributed by atoms with Crippen molar-refractivity contribution >= 4 is 33.4 Å². The second-order valence-corrected chi connectivity index (χ2v) is 4.94. The fraction of sp³-hybridized carbons (Fsp3) is 0.364. The van der Waals surface area contributed by atoms with Gasteiger partial charge in [-0.15, -0.1) is 11.6 Å². The number of benzene rings is 1. The number of nitrogens with two attached hydrogens (primary N) is 1. The predicted molar refractivity (Wildman–Crippen MR) is 67.5 cm³/mol. The first-order valence-corrected chi connectivity index (χ1v) is 6.35. The first-order valence-electron chi connectivity index (χ1n) is 5.12. The fourth-order valence-corrected chi connectivity index (χ4v) is 2.26. The van der Waals surface area contributed by atoms with Crippen LogP contribution in [0.3, 0.4) is 0 Å². The molecule has 4 nitrogen and oxygen atoms in total. The zero-order chi connectivity index (χ0) is 12.4. The molecule has 1 atom stereocenters. The van der Waals surface area contributed by atoms with Crippen LogP contribution < -0.4 is 15.2 Å². The molecule has 0 saturated heterocycles. The van der Waals surface area contributed by atoms with Crippen molar-refractivity contribution < 1.29 is 14.3 Å². The first kappa shape index (κ1) is 12.5. The smallest absolute Gasteiger partial charge is 0.240 e. The number of carbonyl (C=O) groups is 1. The van der Waals surface area contributed by atoms with Crippen LogP contribution in [0.15, 0.2) is 16.6 Å². The van der Waals surface area contributed by atoms with E-state index in [0.29, 0.717) is 34.7 Å². The summed E-state index contributed by atoms with van der Waals surface area (Å²) in [5.74, 6) is 0.631. The molecule has 0 bridgehead atoms. The number of ether oxygens (including phenoxy) is 2. The number of primary amides is 1. The van der Waals surface area contributed by atoms with Crippen molar-refractivity contribution in [2.24, 2.45) is 5.73 Å². The van der Waals surface area contributed by atoms with Gasteiger partial charge in [0.15, 0.2) is 11.5 Å². The zero-order valence-electron chi connectivity index (χ0n) is 8.91. The second kappa shape index (κ2) is 5.14. The quantitative estimate of drug-likeness (QED) is 0.851. The third-order valence-electron chi connectivity index (χ3n) is 2.37. The Morgan fingerprint density at radius 2 is 2.12 bits per heavy atom. The number of hydrogen-bond acceptors (Lipinski definition) is 3. The van der Waals surface area contributed by atoms with E-state index in [1.807, 2.05) is 0 Å². The Hall–Kier alpha value is -0.940. The maximum absolute atomic E-state index is 11.0. The number of hydrogen-bond donors (Lipinski definition) is 1. The third kappa shape index (κ3) is 2.66. The summed E-state index contributed by atoms with van der Waals surface area (Å²) in [5, 5.41) is -0.872. The average molecular weight is 321 g/mol. The van der Waals surface area contributed by atoms with Gasteiger partial charge in [0.2, 0.25) is 5.91 Å². The Kier molecular flexibility index (Phi) is 3.79. The molecule has 0 aliphatic carbocycles. The molecule has 1 amide bonds. The van der Waals surface area contributed by atoms with Crippen LogP contribution in [0.1, 0.15) is 17.4 Å². The fourth-order valence-electron chi connectivity index (χ4n) is 1.56. The number of amides is 1. The molecule has 1 aromatic carbocycles. The van der Waals surface area contributed by atoms with Crippen molar-refractivity contribution in [3.05, 3.63) is 22.2 Å². The van der Waals surface area contributed by atoms with Crippen LogP contribution in [0.5, 0.6) is 11.5 Å². The molecule has 17 heavy (non-hydrogen) atoms. The molecular formula is C11H11BrClNO3. The normalized spacial score (nSPS) is 16.1. The van der Waals surface area contributed by atoms with Crippen molar-refractivity contribution in [3.8, 4) is 11.5 Å². The maximum Gasteiger partial charge on any atom is 0.240 e. The highest BCUT2D eigenvalue weighted by Gasteiger charge is 2.21. The minimum absolute atomic E-state index is 0.576. The minimum Gasteiger partial charge on any atom is -0.490 e. The summed E-state index contributed by atoms with van der Waals surface area (Å²) in [7, 11) is 0. The van der Waals surface area contributed by atoms with Crippen molar-refractivity contribution in [1.82, 2.24) is 0 Å². The lowest BCUT2D eigenvalue weighted by molar-refractivity contribution is -0.117. The summed E-state index contributed by atoms with van der Waals surface area (Å²) < 4.78 is 11.8. The van der Waals surface area contributed by atoms with Gasteiger partial charge in [0.1, 0.15) is 5.38 Å². The van der Waals surface area contributed by atoms with Gasteiger partial charge < -0.3 is 15.2 Å². The van der Waals surface area contributed by atoms with Crippen molar-refractivity contribution in [1.29, 1.82) is 0 Å². The van der Waals surface area contributed by atoms with E-state index in [1.54, 1.807) is 12.1 Å². The van der Waals surface area contributed by atoms with Gasteiger partial charge in [-0.05, 0) is 33.6 Å². The molecule has 0 saturated carbocycles. The van der Waals surface area contributed by atoms with E-state index in [9.17, 15) is 4.79 Å². The summed E-state index contributed by atoms with van der Waals surface area (Å²) >= 11 is 9.27. The molecule has 1 unspecified atom stereocenters. The number of alkyl halides is 1. The van der Waals surface area contributed by atoms with Crippen LogP contribution in [0, 0.1) is 0 Å². The molecular weight excluding hydrogens is 309 g/mol. The molecule has 2 rings (SSSR count). The number of carbonyl (C=O) groups excluding carboxylic acids is 1. The molecule has 6 heteroatoms. The summed E-state index contributed by atoms with van der Waals surface area (Å²) in [6.07, 6.45) is 0.816. The van der Waals surface area contributed by atoms with Crippen LogP contribution >= 0.6 is 27.5 Å². The summed E-state index contributed by atoms with van der Waals surface area (Å²) in [6, 6.07) is 3.41. The van der Waals surface area contributed by atoms with E-state index in [-0.39, 0.29) is 0 Å². The highest BCUT2D eigenvalue weighted by atomic mass is 79.9. The number of fused-ring (bicyclic) bond motifs is 1. The average Bonchev–Trinajstić information content (AvgIpc) is 2.53. The van der Waals surface area contributed by atoms with E-state index in [0.717, 1.165) is 6.42 Å². The van der Waals surface area contributed by atoms with Crippen LogP contribution in [0.2, 0.25) is 0 Å². The van der Waals surface area contributed by atoms with Gasteiger partial charge >= 0.3 is 0 Å². The third-order valence-corrected chi connectivity index (χ3v) is 3.42. The van der Waals surface area contributed by atoms with Gasteiger partial charge in [-0.1, -0.05) is 0 Å². The number of halogens is 2. The molecule has 0 spiro atoms. The SMILES string of the molecule is NC(=O)C(Cl)c1cc(Br)c2c(c1)OCCCO2. The van der Waals surface area contributed by atoms with E-state index >= 15 is 0 Å². The summed E-state index contributed by atoms with van der Waals surface area (Å²) in [6.45, 7) is 1.18. The molecule has 92 valence electrons. The van der Waals surface area contributed by atoms with Crippen molar-refractivity contribution in [2.45, 2.75) is 11.8 Å². The zero-order valence-corrected chi connectivity index (χ0v) is 11.3. The van der Waals surface area contributed by atoms with Crippen LogP contribution in [-0.4, -0.2) is 19.1 Å². The largest absolute Gasteiger partial charge is 0.490 e. The second-order valence-electron chi connectivity index (χ2n) is 3.65. The van der Waals surface area contributed by atoms with Crippen LogP contribution in [0.25, 0.3) is 0 Å². The Morgan fingerprint density at radius 1 is 1.41 bits per heavy atom. The standard InChI is InChI=1S/C11H11BrClNO3/c12-7-4-6(9(13)11(14)15)5-8-10(7)17-3-1-2-16-8/h4-5,9H,1-3H2,(H2,14,15). The van der Waals surface area contributed by atoms with Crippen LogP contribution in [-0.2, 0) is 4.79 Å². The predicted octanol–water partition coefficient (Wildman–Crippen LogP) is 2.38. The molecule has 2 N–H and O–H groups in total. The molecule has 0 aromatic heterocycles. The van der Waals surface area contributed by atoms with E-state index < -0.39 is 11.3 Å². The van der Waals surface area contributed by atoms with E-state index in [4.69, 9.17) is 26.8 Å². The van der Waals surface area contributed by atoms with Crippen molar-refractivity contribution in [3.63, 3.8) is 0 Å². The summed E-state index contributed by atoms with van der Waals surface area (Å²) in [4.78, 5) is 11.0. The summed E-state index contributed by atoms with van der Waals surface area (Å²) in [5.41, 5.74) is 5.76. The monoisotopic (exact) mass is 319 g/mol. The van der Waals surface area contributed by atoms with Gasteiger partial charge in [-0.2, -0.15) is 0 Å². The molecule has 1 heterocycles. The lowest BCUT2D eigenvalue weighted by atomic mass is 10.1.